The van der Waals surface area contributed by atoms with Crippen LogP contribution < -0.4 is 38.9 Å². The molecule has 0 heterocycles. The van der Waals surface area contributed by atoms with Crippen molar-refractivity contribution in [3.8, 4) is 0 Å². The van der Waals surface area contributed by atoms with Crippen molar-refractivity contribution in [3.63, 3.8) is 0 Å². The van der Waals surface area contributed by atoms with E-state index in [9.17, 15) is 33.9 Å². The number of nitrogens with two attached hydrogens (primary N) is 4. The van der Waals surface area contributed by atoms with Gasteiger partial charge < -0.3 is 44.0 Å². The lowest BCUT2D eigenvalue weighted by molar-refractivity contribution is -0.142. The second-order valence-electron chi connectivity index (χ2n) is 8.44. The Kier molecular flexibility index (Phi) is 13.3. The molecule has 0 fully saturated rings. The third-order valence-corrected chi connectivity index (χ3v) is 5.27. The topological polar surface area (TPSA) is 263 Å². The van der Waals surface area contributed by atoms with Gasteiger partial charge >= 0.3 is 5.97 Å². The molecule has 1 aromatic rings. The number of carboxylic acids is 1. The maximum absolute atomic E-state index is 13.0. The molecule has 1 aromatic carbocycles. The molecule has 0 aliphatic rings. The van der Waals surface area contributed by atoms with Gasteiger partial charge in [-0.3, -0.25) is 24.0 Å². The van der Waals surface area contributed by atoms with E-state index >= 15 is 0 Å². The summed E-state index contributed by atoms with van der Waals surface area (Å²) in [6.07, 6.45) is -0.0753. The zero-order valence-corrected chi connectivity index (χ0v) is 20.4. The number of benzene rings is 1. The molecule has 12 N–H and O–H groups in total. The summed E-state index contributed by atoms with van der Waals surface area (Å²) in [6.45, 7) is 0.326. The second kappa shape index (κ2) is 15.9. The largest absolute Gasteiger partial charge is 0.480 e. The van der Waals surface area contributed by atoms with E-state index in [1.807, 2.05) is 0 Å². The molecule has 37 heavy (non-hydrogen) atoms. The molecule has 14 nitrogen and oxygen atoms in total. The number of unbranched alkanes of at least 4 members (excludes halogenated alkanes) is 1. The highest BCUT2D eigenvalue weighted by molar-refractivity contribution is 5.96. The fourth-order valence-corrected chi connectivity index (χ4v) is 3.35. The van der Waals surface area contributed by atoms with E-state index in [0.29, 0.717) is 24.9 Å². The third-order valence-electron chi connectivity index (χ3n) is 5.27. The predicted octanol–water partition coefficient (Wildman–Crippen LogP) is -3.02. The summed E-state index contributed by atoms with van der Waals surface area (Å²) in [5, 5.41) is 16.7. The standard InChI is InChI=1S/C23H35N7O7/c24-9-5-4-8-15(21(34)30-17(23(36)37)10-13-6-2-1-3-7-13)28-22(35)16(12-19(27)32)29-20(33)14(25)11-18(26)31/h1-3,6-7,14-17H,4-5,8-12,24-25H2,(H2,26,31)(H2,27,32)(H,28,35)(H,29,33)(H,30,34)(H,36,37). The highest BCUT2D eigenvalue weighted by Crippen LogP contribution is 2.07. The highest BCUT2D eigenvalue weighted by Gasteiger charge is 2.31. The van der Waals surface area contributed by atoms with Crippen LogP contribution in [0.1, 0.15) is 37.7 Å². The molecular weight excluding hydrogens is 486 g/mol. The monoisotopic (exact) mass is 521 g/mol. The average molecular weight is 522 g/mol. The molecule has 0 spiro atoms. The van der Waals surface area contributed by atoms with Gasteiger partial charge in [0.15, 0.2) is 0 Å². The number of carbonyl (C=O) groups excluding carboxylic acids is 5. The van der Waals surface area contributed by atoms with Crippen LogP contribution in [0.5, 0.6) is 0 Å². The summed E-state index contributed by atoms with van der Waals surface area (Å²) in [6, 6.07) is 3.28. The van der Waals surface area contributed by atoms with Gasteiger partial charge in [-0.25, -0.2) is 4.79 Å². The Morgan fingerprint density at radius 2 is 1.30 bits per heavy atom. The summed E-state index contributed by atoms with van der Waals surface area (Å²) < 4.78 is 0. The summed E-state index contributed by atoms with van der Waals surface area (Å²) in [4.78, 5) is 72.5. The number of rotatable bonds is 17. The lowest BCUT2D eigenvalue weighted by Gasteiger charge is -2.25. The number of hydrogen-bond donors (Lipinski definition) is 8. The molecule has 14 heteroatoms. The maximum Gasteiger partial charge on any atom is 0.326 e. The van der Waals surface area contributed by atoms with Crippen molar-refractivity contribution < 1.29 is 33.9 Å². The first kappa shape index (κ1) is 31.0. The van der Waals surface area contributed by atoms with Crippen LogP contribution in [-0.4, -0.2) is 71.3 Å². The van der Waals surface area contributed by atoms with Gasteiger partial charge in [-0.05, 0) is 31.4 Å². The van der Waals surface area contributed by atoms with Crippen LogP contribution in [0.3, 0.4) is 0 Å². The molecule has 4 atom stereocenters. The number of amides is 5. The van der Waals surface area contributed by atoms with Gasteiger partial charge in [0.1, 0.15) is 18.1 Å². The van der Waals surface area contributed by atoms with Gasteiger partial charge in [0.2, 0.25) is 29.5 Å². The van der Waals surface area contributed by atoms with Crippen LogP contribution in [0.25, 0.3) is 0 Å². The third kappa shape index (κ3) is 12.0. The van der Waals surface area contributed by atoms with E-state index < -0.39 is 72.5 Å². The van der Waals surface area contributed by atoms with E-state index in [2.05, 4.69) is 16.0 Å². The Bertz CT molecular complexity index is 958. The first-order valence-corrected chi connectivity index (χ1v) is 11.6. The molecule has 0 aliphatic carbocycles. The average Bonchev–Trinajstić information content (AvgIpc) is 2.82. The molecule has 0 bridgehead atoms. The van der Waals surface area contributed by atoms with Crippen molar-refractivity contribution in [2.75, 3.05) is 6.54 Å². The fraction of sp³-hybridized carbons (Fsp3) is 0.478. The molecule has 0 saturated carbocycles. The highest BCUT2D eigenvalue weighted by atomic mass is 16.4. The lowest BCUT2D eigenvalue weighted by Crippen LogP contribution is -2.58. The van der Waals surface area contributed by atoms with Crippen molar-refractivity contribution in [1.82, 2.24) is 16.0 Å². The SMILES string of the molecule is NCCCCC(NC(=O)C(CC(N)=O)NC(=O)C(N)CC(N)=O)C(=O)NC(Cc1ccccc1)C(=O)O. The summed E-state index contributed by atoms with van der Waals surface area (Å²) in [5.74, 6) is -5.69. The Morgan fingerprint density at radius 1 is 0.757 bits per heavy atom. The molecule has 5 amide bonds. The minimum Gasteiger partial charge on any atom is -0.480 e. The van der Waals surface area contributed by atoms with Crippen molar-refractivity contribution in [3.05, 3.63) is 35.9 Å². The summed E-state index contributed by atoms with van der Waals surface area (Å²) in [7, 11) is 0. The summed E-state index contributed by atoms with van der Waals surface area (Å²) in [5.41, 5.74) is 22.0. The Hall–Kier alpha value is -4.04. The van der Waals surface area contributed by atoms with Crippen molar-refractivity contribution >= 4 is 35.5 Å². The normalized spacial score (nSPS) is 13.9. The summed E-state index contributed by atoms with van der Waals surface area (Å²) >= 11 is 0. The number of carbonyl (C=O) groups is 6. The van der Waals surface area contributed by atoms with Crippen LogP contribution in [0.2, 0.25) is 0 Å². The van der Waals surface area contributed by atoms with Crippen molar-refractivity contribution in [1.29, 1.82) is 0 Å². The quantitative estimate of drug-likeness (QED) is 0.0968. The maximum atomic E-state index is 13.0. The van der Waals surface area contributed by atoms with Crippen LogP contribution in [0.4, 0.5) is 0 Å². The molecule has 4 unspecified atom stereocenters. The zero-order chi connectivity index (χ0) is 28.0. The van der Waals surface area contributed by atoms with E-state index in [1.54, 1.807) is 30.3 Å². The van der Waals surface area contributed by atoms with Crippen LogP contribution in [-0.2, 0) is 35.2 Å². The molecule has 204 valence electrons. The van der Waals surface area contributed by atoms with Crippen LogP contribution in [0.15, 0.2) is 30.3 Å². The van der Waals surface area contributed by atoms with Gasteiger partial charge in [-0.1, -0.05) is 30.3 Å². The Morgan fingerprint density at radius 3 is 1.84 bits per heavy atom. The van der Waals surface area contributed by atoms with Gasteiger partial charge in [0.05, 0.1) is 18.9 Å². The second-order valence-corrected chi connectivity index (χ2v) is 8.44. The van der Waals surface area contributed by atoms with Gasteiger partial charge in [-0.15, -0.1) is 0 Å². The molecule has 0 aliphatic heterocycles. The molecular formula is C23H35N7O7. The van der Waals surface area contributed by atoms with Gasteiger partial charge in [0, 0.05) is 6.42 Å². The van der Waals surface area contributed by atoms with E-state index in [4.69, 9.17) is 22.9 Å². The Labute approximate surface area is 213 Å². The van der Waals surface area contributed by atoms with Crippen LogP contribution >= 0.6 is 0 Å². The molecule has 1 rings (SSSR count). The predicted molar refractivity (Wildman–Crippen MR) is 132 cm³/mol. The fourth-order valence-electron chi connectivity index (χ4n) is 3.35. The van der Waals surface area contributed by atoms with Gasteiger partial charge in [-0.2, -0.15) is 0 Å². The van der Waals surface area contributed by atoms with Crippen LogP contribution in [0, 0.1) is 0 Å². The minimum absolute atomic E-state index is 0.00346. The van der Waals surface area contributed by atoms with E-state index in [0.717, 1.165) is 0 Å². The number of carboxylic acid groups (broad SMARTS) is 1. The Balaban J connectivity index is 3.02. The smallest absolute Gasteiger partial charge is 0.326 e. The molecule has 0 saturated heterocycles. The molecule has 0 radical (unpaired) electrons. The van der Waals surface area contributed by atoms with Crippen molar-refractivity contribution in [2.24, 2.45) is 22.9 Å². The number of aliphatic carboxylic acids is 1. The first-order chi connectivity index (χ1) is 17.4. The van der Waals surface area contributed by atoms with Gasteiger partial charge in [0.25, 0.3) is 0 Å². The minimum atomic E-state index is -1.51. The molecule has 0 aromatic heterocycles. The number of hydrogen-bond acceptors (Lipinski definition) is 8. The van der Waals surface area contributed by atoms with E-state index in [-0.39, 0.29) is 12.8 Å². The van der Waals surface area contributed by atoms with E-state index in [1.165, 1.54) is 0 Å². The zero-order valence-electron chi connectivity index (χ0n) is 20.4. The lowest BCUT2D eigenvalue weighted by atomic mass is 10.0. The first-order valence-electron chi connectivity index (χ1n) is 11.6. The number of primary amides is 2. The van der Waals surface area contributed by atoms with Crippen molar-refractivity contribution in [2.45, 2.75) is 62.7 Å². The number of nitrogens with one attached hydrogen (secondary N) is 3.